The van der Waals surface area contributed by atoms with Gasteiger partial charge in [-0.25, -0.2) is 9.78 Å². The van der Waals surface area contributed by atoms with E-state index < -0.39 is 11.6 Å². The molecular formula is C26H7N3O2. The maximum Gasteiger partial charge on any atom is 0.346 e. The Morgan fingerprint density at radius 3 is 1.58 bits per heavy atom. The number of nitrogens with one attached hydrogen (secondary N) is 2. The summed E-state index contributed by atoms with van der Waals surface area (Å²) in [4.78, 5) is 28.2. The van der Waals surface area contributed by atoms with Crippen LogP contribution in [0.5, 0.6) is 0 Å². The Hall–Kier alpha value is -6.05. The lowest BCUT2D eigenvalue weighted by Crippen LogP contribution is -2.16. The summed E-state index contributed by atoms with van der Waals surface area (Å²) in [6.07, 6.45) is 1.25. The lowest BCUT2D eigenvalue weighted by Gasteiger charge is -1.97. The number of hydrogen-bond donors (Lipinski definition) is 2. The van der Waals surface area contributed by atoms with Crippen LogP contribution in [0.15, 0.2) is 17.1 Å². The van der Waals surface area contributed by atoms with E-state index in [-0.39, 0.29) is 5.82 Å². The van der Waals surface area contributed by atoms with E-state index in [1.807, 2.05) is 0 Å². The van der Waals surface area contributed by atoms with Gasteiger partial charge in [0.15, 0.2) is 0 Å². The van der Waals surface area contributed by atoms with Gasteiger partial charge < -0.3 is 5.32 Å². The van der Waals surface area contributed by atoms with Crippen molar-refractivity contribution >= 4 is 11.7 Å². The van der Waals surface area contributed by atoms with Crippen molar-refractivity contribution in [3.8, 4) is 118 Å². The lowest BCUT2D eigenvalue weighted by molar-refractivity contribution is -0.111. The average molecular weight is 393 g/mol. The number of anilines is 1. The van der Waals surface area contributed by atoms with Gasteiger partial charge in [-0.1, -0.05) is 5.92 Å². The molecule has 0 fully saturated rings. The number of carbonyl (C=O) groups excluding carboxylic acids is 1. The van der Waals surface area contributed by atoms with Crippen LogP contribution in [0.3, 0.4) is 0 Å². The SMILES string of the molecule is CC#CC#CC#CC#CC#CC#CC#CC#CC#CC#CC(=O)Nc1ccnc(=O)[nH]1. The van der Waals surface area contributed by atoms with E-state index in [2.05, 4.69) is 134 Å². The fraction of sp³-hybridized carbons (Fsp3) is 0.0385. The molecule has 138 valence electrons. The standard InChI is InChI=1S/C26H7N3O2/c1-2-3-4-5-6-7-8-9-10-11-12-13-14-15-16-17-18-19-20-21-25(30)28-24-22-23-27-26(31)29-24/h22-23H,1H3,(H2,27,28,29,30,31). The minimum atomic E-state index is -0.646. The van der Waals surface area contributed by atoms with Crippen molar-refractivity contribution < 1.29 is 4.79 Å². The van der Waals surface area contributed by atoms with E-state index in [9.17, 15) is 9.59 Å². The first-order valence-corrected chi connectivity index (χ1v) is 8.01. The van der Waals surface area contributed by atoms with Crippen molar-refractivity contribution in [1.29, 1.82) is 0 Å². The Kier molecular flexibility index (Phi) is 12.0. The van der Waals surface area contributed by atoms with Crippen LogP contribution >= 0.6 is 0 Å². The number of aromatic amines is 1. The summed E-state index contributed by atoms with van der Waals surface area (Å²) < 4.78 is 0. The molecule has 1 amide bonds. The maximum absolute atomic E-state index is 11.5. The number of aromatic nitrogens is 2. The second-order valence-electron chi connectivity index (χ2n) is 4.37. The van der Waals surface area contributed by atoms with Crippen LogP contribution < -0.4 is 11.0 Å². The first-order chi connectivity index (χ1) is 15.2. The molecule has 1 aromatic rings. The molecule has 1 aromatic heterocycles. The second kappa shape index (κ2) is 16.1. The lowest BCUT2D eigenvalue weighted by atomic mass is 10.4. The highest BCUT2D eigenvalue weighted by Gasteiger charge is 1.97. The Morgan fingerprint density at radius 2 is 1.16 bits per heavy atom. The fourth-order valence-electron chi connectivity index (χ4n) is 1.25. The third kappa shape index (κ3) is 13.8. The highest BCUT2D eigenvalue weighted by molar-refractivity contribution is 6.03. The van der Waals surface area contributed by atoms with Gasteiger partial charge in [-0.15, -0.1) is 0 Å². The highest BCUT2D eigenvalue weighted by Crippen LogP contribution is 1.94. The predicted molar refractivity (Wildman–Crippen MR) is 117 cm³/mol. The van der Waals surface area contributed by atoms with Crippen LogP contribution in [-0.2, 0) is 4.79 Å². The molecule has 1 heterocycles. The zero-order chi connectivity index (χ0) is 22.4. The number of amides is 1. The minimum Gasteiger partial charge on any atom is -0.301 e. The summed E-state index contributed by atoms with van der Waals surface area (Å²) in [6, 6.07) is 1.41. The van der Waals surface area contributed by atoms with E-state index in [1.54, 1.807) is 6.92 Å². The van der Waals surface area contributed by atoms with E-state index >= 15 is 0 Å². The van der Waals surface area contributed by atoms with E-state index in [0.717, 1.165) is 0 Å². The number of H-pyrrole nitrogens is 1. The first kappa shape index (κ1) is 23.0. The molecule has 1 rings (SSSR count). The number of carbonyl (C=O) groups is 1. The van der Waals surface area contributed by atoms with Crippen molar-refractivity contribution in [2.24, 2.45) is 0 Å². The summed E-state index contributed by atoms with van der Waals surface area (Å²) in [5, 5.41) is 2.36. The predicted octanol–water partition coefficient (Wildman–Crippen LogP) is -0.238. The molecule has 0 saturated heterocycles. The Morgan fingerprint density at radius 1 is 0.742 bits per heavy atom. The third-order valence-electron chi connectivity index (χ3n) is 2.29. The van der Waals surface area contributed by atoms with Gasteiger partial charge in [-0.3, -0.25) is 9.78 Å². The molecule has 0 aliphatic carbocycles. The molecule has 0 radical (unpaired) electrons. The molecule has 0 unspecified atom stereocenters. The van der Waals surface area contributed by atoms with Gasteiger partial charge in [0.05, 0.1) is 0 Å². The molecule has 0 spiro atoms. The fourth-order valence-corrected chi connectivity index (χ4v) is 1.25. The summed E-state index contributed by atoms with van der Waals surface area (Å²) >= 11 is 0. The van der Waals surface area contributed by atoms with Gasteiger partial charge in [0.1, 0.15) is 5.82 Å². The van der Waals surface area contributed by atoms with E-state index in [0.29, 0.717) is 0 Å². The van der Waals surface area contributed by atoms with Crippen LogP contribution in [0.25, 0.3) is 0 Å². The summed E-state index contributed by atoms with van der Waals surface area (Å²) in [5.41, 5.74) is -0.585. The maximum atomic E-state index is 11.5. The monoisotopic (exact) mass is 393 g/mol. The van der Waals surface area contributed by atoms with Gasteiger partial charge in [-0.05, 0) is 108 Å². The Bertz CT molecular complexity index is 1560. The van der Waals surface area contributed by atoms with Crippen LogP contribution in [0.4, 0.5) is 5.82 Å². The molecule has 0 atom stereocenters. The van der Waals surface area contributed by atoms with Gasteiger partial charge in [0.25, 0.3) is 0 Å². The topological polar surface area (TPSA) is 74.8 Å². The van der Waals surface area contributed by atoms with E-state index in [4.69, 9.17) is 0 Å². The smallest absolute Gasteiger partial charge is 0.301 e. The minimum absolute atomic E-state index is 0.178. The highest BCUT2D eigenvalue weighted by atomic mass is 16.2. The van der Waals surface area contributed by atoms with Gasteiger partial charge in [-0.2, -0.15) is 0 Å². The van der Waals surface area contributed by atoms with Crippen LogP contribution in [0.1, 0.15) is 6.92 Å². The third-order valence-corrected chi connectivity index (χ3v) is 2.29. The quantitative estimate of drug-likeness (QED) is 0.647. The number of nitrogens with zero attached hydrogens (tertiary/aromatic N) is 1. The van der Waals surface area contributed by atoms with Crippen LogP contribution in [-0.4, -0.2) is 15.9 Å². The molecule has 0 aliphatic rings. The largest absolute Gasteiger partial charge is 0.346 e. The second-order valence-corrected chi connectivity index (χ2v) is 4.37. The van der Waals surface area contributed by atoms with Crippen LogP contribution in [0, 0.1) is 118 Å². The van der Waals surface area contributed by atoms with Gasteiger partial charge >= 0.3 is 11.6 Å². The molecule has 0 saturated carbocycles. The molecule has 0 aromatic carbocycles. The molecule has 0 bridgehead atoms. The summed E-state index contributed by atoms with van der Waals surface area (Å²) in [5.74, 6) is 48.7. The molecule has 5 nitrogen and oxygen atoms in total. The molecule has 2 N–H and O–H groups in total. The van der Waals surface area contributed by atoms with Crippen LogP contribution in [0.2, 0.25) is 0 Å². The molecule has 31 heavy (non-hydrogen) atoms. The molecular weight excluding hydrogens is 386 g/mol. The Balaban J connectivity index is 2.45. The van der Waals surface area contributed by atoms with Crippen molar-refractivity contribution in [3.63, 3.8) is 0 Å². The first-order valence-electron chi connectivity index (χ1n) is 8.01. The zero-order valence-corrected chi connectivity index (χ0v) is 15.9. The number of hydrogen-bond acceptors (Lipinski definition) is 3. The van der Waals surface area contributed by atoms with Gasteiger partial charge in [0.2, 0.25) is 0 Å². The zero-order valence-electron chi connectivity index (χ0n) is 15.9. The van der Waals surface area contributed by atoms with E-state index in [1.165, 1.54) is 12.3 Å². The summed E-state index contributed by atoms with van der Waals surface area (Å²) in [6.45, 7) is 1.68. The molecule has 5 heteroatoms. The number of rotatable bonds is 1. The Labute approximate surface area is 180 Å². The van der Waals surface area contributed by atoms with Gasteiger partial charge in [0, 0.05) is 24.0 Å². The van der Waals surface area contributed by atoms with Crippen molar-refractivity contribution in [2.45, 2.75) is 6.92 Å². The normalized spacial score (nSPS) is 5.84. The average Bonchev–Trinajstić information content (AvgIpc) is 2.75. The molecule has 0 aliphatic heterocycles. The van der Waals surface area contributed by atoms with Crippen molar-refractivity contribution in [2.75, 3.05) is 5.32 Å². The summed E-state index contributed by atoms with van der Waals surface area (Å²) in [7, 11) is 0. The van der Waals surface area contributed by atoms with Crippen molar-refractivity contribution in [1.82, 2.24) is 9.97 Å². The van der Waals surface area contributed by atoms with Crippen molar-refractivity contribution in [3.05, 3.63) is 22.7 Å².